The number of hydrogen-bond donors (Lipinski definition) is 1. The fourth-order valence-electron chi connectivity index (χ4n) is 2.00. The Balaban J connectivity index is 1.76. The fraction of sp³-hybridized carbons (Fsp3) is 0.143. The summed E-state index contributed by atoms with van der Waals surface area (Å²) in [6.07, 6.45) is 3.68. The molecule has 1 N–H and O–H groups in total. The molecule has 2 heterocycles. The van der Waals surface area contributed by atoms with Crippen LogP contribution in [0.5, 0.6) is 0 Å². The van der Waals surface area contributed by atoms with E-state index in [0.717, 1.165) is 15.8 Å². The molecule has 0 saturated carbocycles. The van der Waals surface area contributed by atoms with Crippen LogP contribution in [0.3, 0.4) is 0 Å². The maximum Gasteiger partial charge on any atom is 0.246 e. The second kappa shape index (κ2) is 4.85. The number of aryl methyl sites for hydroxylation is 1. The van der Waals surface area contributed by atoms with Gasteiger partial charge in [-0.3, -0.25) is 4.79 Å². The number of rotatable bonds is 3. The molecule has 0 saturated heterocycles. The van der Waals surface area contributed by atoms with Crippen LogP contribution in [0, 0.1) is 6.92 Å². The van der Waals surface area contributed by atoms with Crippen LogP contribution in [0.15, 0.2) is 42.7 Å². The van der Waals surface area contributed by atoms with Crippen LogP contribution in [0.2, 0.25) is 0 Å². The van der Waals surface area contributed by atoms with Gasteiger partial charge in [-0.25, -0.2) is 4.98 Å². The van der Waals surface area contributed by atoms with E-state index < -0.39 is 0 Å². The maximum atomic E-state index is 12.0. The molecule has 3 aromatic rings. The van der Waals surface area contributed by atoms with Crippen molar-refractivity contribution in [3.05, 3.63) is 47.6 Å². The number of carbonyl (C=O) groups excluding carboxylic acids is 1. The van der Waals surface area contributed by atoms with Gasteiger partial charge >= 0.3 is 0 Å². The smallest absolute Gasteiger partial charge is 0.246 e. The Kier molecular flexibility index (Phi) is 3.05. The average Bonchev–Trinajstić information content (AvgIpc) is 2.97. The number of hydrogen-bond acceptors (Lipinski definition) is 3. The third-order valence-corrected chi connectivity index (χ3v) is 3.69. The molecular weight excluding hydrogens is 258 g/mol. The summed E-state index contributed by atoms with van der Waals surface area (Å²) in [6, 6.07) is 10.0. The minimum absolute atomic E-state index is 0.0595. The van der Waals surface area contributed by atoms with Crippen molar-refractivity contribution < 1.29 is 4.79 Å². The van der Waals surface area contributed by atoms with Gasteiger partial charge in [0.2, 0.25) is 5.91 Å². The van der Waals surface area contributed by atoms with Crippen LogP contribution in [0.4, 0.5) is 5.13 Å². The molecule has 0 fully saturated rings. The van der Waals surface area contributed by atoms with Gasteiger partial charge in [-0.05, 0) is 24.4 Å². The zero-order valence-corrected chi connectivity index (χ0v) is 11.3. The highest BCUT2D eigenvalue weighted by Gasteiger charge is 2.08. The summed E-state index contributed by atoms with van der Waals surface area (Å²) in [6.45, 7) is 2.26. The van der Waals surface area contributed by atoms with E-state index in [9.17, 15) is 4.79 Å². The number of fused-ring (bicyclic) bond motifs is 1. The molecule has 4 nitrogen and oxygen atoms in total. The number of amides is 1. The predicted octanol–water partition coefficient (Wildman–Crippen LogP) is 3.04. The van der Waals surface area contributed by atoms with E-state index in [1.54, 1.807) is 6.20 Å². The fourth-order valence-corrected chi connectivity index (χ4v) is 2.69. The lowest BCUT2D eigenvalue weighted by Gasteiger charge is -2.05. The van der Waals surface area contributed by atoms with Crippen LogP contribution >= 0.6 is 11.3 Å². The summed E-state index contributed by atoms with van der Waals surface area (Å²) in [5.74, 6) is -0.0595. The first kappa shape index (κ1) is 11.9. The lowest BCUT2D eigenvalue weighted by molar-refractivity contribution is -0.116. The molecule has 0 aliphatic heterocycles. The Morgan fingerprint density at radius 3 is 3.00 bits per heavy atom. The number of carbonyl (C=O) groups is 1. The third-order valence-electron chi connectivity index (χ3n) is 2.86. The van der Waals surface area contributed by atoms with Crippen LogP contribution in [0.25, 0.3) is 10.9 Å². The van der Waals surface area contributed by atoms with Crippen LogP contribution < -0.4 is 5.32 Å². The number of benzene rings is 1. The van der Waals surface area contributed by atoms with Crippen molar-refractivity contribution >= 4 is 33.3 Å². The van der Waals surface area contributed by atoms with Crippen LogP contribution in [-0.2, 0) is 11.3 Å². The van der Waals surface area contributed by atoms with Crippen molar-refractivity contribution in [2.75, 3.05) is 5.32 Å². The molecule has 0 aliphatic carbocycles. The molecule has 19 heavy (non-hydrogen) atoms. The highest BCUT2D eigenvalue weighted by Crippen LogP contribution is 2.18. The zero-order chi connectivity index (χ0) is 13.2. The molecule has 0 aliphatic rings. The average molecular weight is 271 g/mol. The summed E-state index contributed by atoms with van der Waals surface area (Å²) < 4.78 is 1.94. The quantitative estimate of drug-likeness (QED) is 0.796. The van der Waals surface area contributed by atoms with Crippen molar-refractivity contribution in [2.45, 2.75) is 13.5 Å². The molecule has 2 aromatic heterocycles. The number of anilines is 1. The van der Waals surface area contributed by atoms with Crippen molar-refractivity contribution in [3.8, 4) is 0 Å². The van der Waals surface area contributed by atoms with Gasteiger partial charge in [-0.2, -0.15) is 0 Å². The first-order valence-electron chi connectivity index (χ1n) is 5.98. The summed E-state index contributed by atoms with van der Waals surface area (Å²) >= 11 is 1.48. The summed E-state index contributed by atoms with van der Waals surface area (Å²) in [5, 5.41) is 4.60. The Labute approximate surface area is 114 Å². The Morgan fingerprint density at radius 1 is 1.37 bits per heavy atom. The van der Waals surface area contributed by atoms with Crippen molar-refractivity contribution in [2.24, 2.45) is 0 Å². The van der Waals surface area contributed by atoms with Gasteiger partial charge in [0.05, 0.1) is 0 Å². The van der Waals surface area contributed by atoms with Gasteiger partial charge < -0.3 is 9.88 Å². The monoisotopic (exact) mass is 271 g/mol. The lowest BCUT2D eigenvalue weighted by atomic mass is 10.2. The van der Waals surface area contributed by atoms with E-state index in [1.165, 1.54) is 11.3 Å². The van der Waals surface area contributed by atoms with Gasteiger partial charge in [-0.15, -0.1) is 11.3 Å². The van der Waals surface area contributed by atoms with Crippen molar-refractivity contribution in [1.29, 1.82) is 0 Å². The Hall–Kier alpha value is -2.14. The summed E-state index contributed by atoms with van der Waals surface area (Å²) in [4.78, 5) is 17.2. The molecule has 0 unspecified atom stereocenters. The Morgan fingerprint density at radius 2 is 2.21 bits per heavy atom. The zero-order valence-electron chi connectivity index (χ0n) is 10.5. The predicted molar refractivity (Wildman–Crippen MR) is 77.4 cm³/mol. The van der Waals surface area contributed by atoms with Gasteiger partial charge in [-0.1, -0.05) is 18.2 Å². The lowest BCUT2D eigenvalue weighted by Crippen LogP contribution is -2.17. The van der Waals surface area contributed by atoms with Gasteiger partial charge in [0.15, 0.2) is 5.13 Å². The number of thiazole rings is 1. The molecule has 0 spiro atoms. The van der Waals surface area contributed by atoms with Crippen LogP contribution in [-0.4, -0.2) is 15.5 Å². The van der Waals surface area contributed by atoms with E-state index in [2.05, 4.69) is 10.3 Å². The minimum Gasteiger partial charge on any atom is -0.338 e. The second-order valence-electron chi connectivity index (χ2n) is 4.33. The molecule has 96 valence electrons. The molecule has 0 radical (unpaired) electrons. The first-order chi connectivity index (χ1) is 9.22. The highest BCUT2D eigenvalue weighted by atomic mass is 32.1. The summed E-state index contributed by atoms with van der Waals surface area (Å²) in [5.41, 5.74) is 1.06. The Bertz CT molecular complexity index is 729. The van der Waals surface area contributed by atoms with Crippen molar-refractivity contribution in [3.63, 3.8) is 0 Å². The maximum absolute atomic E-state index is 12.0. The first-order valence-corrected chi connectivity index (χ1v) is 6.80. The normalized spacial score (nSPS) is 10.8. The number of aromatic nitrogens is 2. The third kappa shape index (κ3) is 2.51. The van der Waals surface area contributed by atoms with E-state index in [0.29, 0.717) is 11.7 Å². The largest absolute Gasteiger partial charge is 0.338 e. The number of nitrogens with one attached hydrogen (secondary N) is 1. The van der Waals surface area contributed by atoms with E-state index in [-0.39, 0.29) is 5.91 Å². The van der Waals surface area contributed by atoms with E-state index in [1.807, 2.05) is 48.0 Å². The van der Waals surface area contributed by atoms with Crippen molar-refractivity contribution in [1.82, 2.24) is 9.55 Å². The van der Waals surface area contributed by atoms with Gasteiger partial charge in [0, 0.05) is 22.8 Å². The van der Waals surface area contributed by atoms with Gasteiger partial charge in [0.1, 0.15) is 6.54 Å². The van der Waals surface area contributed by atoms with Gasteiger partial charge in [0.25, 0.3) is 0 Å². The highest BCUT2D eigenvalue weighted by molar-refractivity contribution is 7.15. The standard InChI is InChI=1S/C14H13N3OS/c1-10-8-15-14(19-10)16-13(18)9-17-7-6-11-4-2-3-5-12(11)17/h2-8H,9H2,1H3,(H,15,16,18). The molecule has 0 bridgehead atoms. The van der Waals surface area contributed by atoms with Crippen LogP contribution in [0.1, 0.15) is 4.88 Å². The second-order valence-corrected chi connectivity index (χ2v) is 5.56. The molecule has 0 atom stereocenters. The molecule has 1 aromatic carbocycles. The molecular formula is C14H13N3OS. The number of nitrogens with zero attached hydrogens (tertiary/aromatic N) is 2. The van der Waals surface area contributed by atoms with E-state index >= 15 is 0 Å². The van der Waals surface area contributed by atoms with E-state index in [4.69, 9.17) is 0 Å². The summed E-state index contributed by atoms with van der Waals surface area (Å²) in [7, 11) is 0. The molecule has 5 heteroatoms. The SMILES string of the molecule is Cc1cnc(NC(=O)Cn2ccc3ccccc32)s1. The molecule has 1 amide bonds. The number of para-hydroxylation sites is 1. The minimum atomic E-state index is -0.0595. The molecule has 3 rings (SSSR count). The topological polar surface area (TPSA) is 46.9 Å².